The molecule has 4 nitrogen and oxygen atoms in total. The first-order valence-corrected chi connectivity index (χ1v) is 9.37. The zero-order valence-electron chi connectivity index (χ0n) is 13.4. The maximum absolute atomic E-state index is 13.6. The van der Waals surface area contributed by atoms with E-state index < -0.39 is 32.4 Å². The van der Waals surface area contributed by atoms with E-state index in [9.17, 15) is 12.8 Å². The van der Waals surface area contributed by atoms with Gasteiger partial charge in [0.2, 0.25) is 0 Å². The third-order valence-electron chi connectivity index (χ3n) is 4.47. The van der Waals surface area contributed by atoms with Gasteiger partial charge in [0.25, 0.3) is 0 Å². The van der Waals surface area contributed by atoms with Crippen LogP contribution >= 0.6 is 0 Å². The van der Waals surface area contributed by atoms with Gasteiger partial charge in [0.05, 0.1) is 22.3 Å². The largest absolute Gasteiger partial charge is 0.380 e. The Bertz CT molecular complexity index is 825. The maximum atomic E-state index is 13.6. The van der Waals surface area contributed by atoms with Gasteiger partial charge in [-0.05, 0) is 36.8 Å². The molecule has 3 rings (SSSR count). The molecule has 0 amide bonds. The number of ether oxygens (including phenoxy) is 1. The zero-order chi connectivity index (χ0) is 17.4. The fraction of sp³-hybridized carbons (Fsp3) is 0.333. The van der Waals surface area contributed by atoms with Crippen LogP contribution in [-0.2, 0) is 14.6 Å². The van der Waals surface area contributed by atoms with E-state index in [0.717, 1.165) is 0 Å². The molecule has 3 atom stereocenters. The molecule has 24 heavy (non-hydrogen) atoms. The van der Waals surface area contributed by atoms with Crippen molar-refractivity contribution in [1.82, 2.24) is 0 Å². The van der Waals surface area contributed by atoms with Crippen LogP contribution in [0.25, 0.3) is 0 Å². The number of rotatable bonds is 6. The van der Waals surface area contributed by atoms with Crippen LogP contribution in [0.15, 0.2) is 59.5 Å². The molecular weight excluding hydrogens is 329 g/mol. The molecule has 0 radical (unpaired) electrons. The third-order valence-corrected chi connectivity index (χ3v) is 6.78. The van der Waals surface area contributed by atoms with Crippen molar-refractivity contribution in [2.75, 3.05) is 13.2 Å². The molecule has 1 aliphatic rings. The van der Waals surface area contributed by atoms with Crippen LogP contribution in [0.1, 0.15) is 18.4 Å². The normalized spacial score (nSPS) is 26.3. The van der Waals surface area contributed by atoms with Crippen LogP contribution in [0.5, 0.6) is 0 Å². The van der Waals surface area contributed by atoms with Gasteiger partial charge in [-0.2, -0.15) is 0 Å². The second kappa shape index (κ2) is 6.27. The van der Waals surface area contributed by atoms with E-state index in [2.05, 4.69) is 0 Å². The van der Waals surface area contributed by atoms with E-state index in [-0.39, 0.29) is 11.5 Å². The Morgan fingerprint density at radius 3 is 2.50 bits per heavy atom. The van der Waals surface area contributed by atoms with Crippen molar-refractivity contribution in [3.8, 4) is 0 Å². The fourth-order valence-electron chi connectivity index (χ4n) is 3.28. The lowest BCUT2D eigenvalue weighted by Crippen LogP contribution is -2.36. The third kappa shape index (κ3) is 2.85. The van der Waals surface area contributed by atoms with Crippen molar-refractivity contribution < 1.29 is 17.5 Å². The monoisotopic (exact) mass is 349 g/mol. The molecule has 1 aliphatic carbocycles. The van der Waals surface area contributed by atoms with Gasteiger partial charge >= 0.3 is 0 Å². The van der Waals surface area contributed by atoms with Gasteiger partial charge in [0.1, 0.15) is 5.82 Å². The summed E-state index contributed by atoms with van der Waals surface area (Å²) in [5, 5.41) is -0.833. The fourth-order valence-corrected chi connectivity index (χ4v) is 5.60. The summed E-state index contributed by atoms with van der Waals surface area (Å²) < 4.78 is 45.0. The van der Waals surface area contributed by atoms with Crippen LogP contribution in [0.4, 0.5) is 4.39 Å². The van der Waals surface area contributed by atoms with E-state index >= 15 is 0 Å². The highest BCUT2D eigenvalue weighted by Crippen LogP contribution is 2.55. The minimum atomic E-state index is -3.64. The molecule has 0 spiro atoms. The van der Waals surface area contributed by atoms with Gasteiger partial charge < -0.3 is 10.5 Å². The Morgan fingerprint density at radius 2 is 1.88 bits per heavy atom. The van der Waals surface area contributed by atoms with Crippen LogP contribution < -0.4 is 5.73 Å². The van der Waals surface area contributed by atoms with Crippen molar-refractivity contribution >= 4 is 9.84 Å². The molecule has 0 saturated heterocycles. The summed E-state index contributed by atoms with van der Waals surface area (Å²) in [6, 6.07) is 14.2. The Hall–Kier alpha value is -1.76. The lowest BCUT2D eigenvalue weighted by atomic mass is 10.1. The Balaban J connectivity index is 2.01. The quantitative estimate of drug-likeness (QED) is 0.870. The van der Waals surface area contributed by atoms with Crippen LogP contribution in [0.2, 0.25) is 0 Å². The summed E-state index contributed by atoms with van der Waals surface area (Å²) in [5.74, 6) is -0.904. The smallest absolute Gasteiger partial charge is 0.183 e. The zero-order valence-corrected chi connectivity index (χ0v) is 14.2. The highest BCUT2D eigenvalue weighted by Gasteiger charge is 2.69. The molecule has 0 aliphatic heterocycles. The molecule has 2 aromatic carbocycles. The van der Waals surface area contributed by atoms with Gasteiger partial charge in [-0.3, -0.25) is 0 Å². The molecule has 1 fully saturated rings. The molecule has 0 bridgehead atoms. The number of nitrogens with two attached hydrogens (primary N) is 1. The number of hydrogen-bond acceptors (Lipinski definition) is 4. The van der Waals surface area contributed by atoms with Crippen molar-refractivity contribution in [3.63, 3.8) is 0 Å². The predicted molar refractivity (Wildman–Crippen MR) is 90.0 cm³/mol. The first-order valence-electron chi connectivity index (χ1n) is 7.82. The molecule has 3 unspecified atom stereocenters. The average molecular weight is 349 g/mol. The topological polar surface area (TPSA) is 69.4 Å². The van der Waals surface area contributed by atoms with Crippen LogP contribution in [0.3, 0.4) is 0 Å². The summed E-state index contributed by atoms with van der Waals surface area (Å²) in [6.45, 7) is 2.37. The van der Waals surface area contributed by atoms with Crippen molar-refractivity contribution in [1.29, 1.82) is 0 Å². The van der Waals surface area contributed by atoms with Gasteiger partial charge in [-0.1, -0.05) is 30.3 Å². The van der Waals surface area contributed by atoms with E-state index in [1.165, 1.54) is 12.1 Å². The lowest BCUT2D eigenvalue weighted by Gasteiger charge is -2.12. The Morgan fingerprint density at radius 1 is 1.17 bits per heavy atom. The molecule has 6 heteroatoms. The standard InChI is InChI=1S/C18H20FNO3S/c1-2-23-12-18(20)16(13-7-6-8-14(19)11-13)17(18)24(21,22)15-9-4-3-5-10-15/h3-11,16-17H,2,12,20H2,1H3. The molecule has 128 valence electrons. The van der Waals surface area contributed by atoms with E-state index in [4.69, 9.17) is 10.5 Å². The van der Waals surface area contributed by atoms with E-state index in [0.29, 0.717) is 12.2 Å². The second-order valence-corrected chi connectivity index (χ2v) is 8.13. The summed E-state index contributed by atoms with van der Waals surface area (Å²) in [6.07, 6.45) is 0. The predicted octanol–water partition coefficient (Wildman–Crippen LogP) is 2.50. The second-order valence-electron chi connectivity index (χ2n) is 6.06. The van der Waals surface area contributed by atoms with Gasteiger partial charge in [-0.25, -0.2) is 12.8 Å². The van der Waals surface area contributed by atoms with Gasteiger partial charge in [-0.15, -0.1) is 0 Å². The molecule has 2 aromatic rings. The molecule has 0 aromatic heterocycles. The summed E-state index contributed by atoms with van der Waals surface area (Å²) in [5.41, 5.74) is 5.93. The molecule has 1 saturated carbocycles. The summed E-state index contributed by atoms with van der Waals surface area (Å²) in [4.78, 5) is 0.222. The van der Waals surface area contributed by atoms with Crippen LogP contribution in [-0.4, -0.2) is 32.4 Å². The number of sulfone groups is 1. The van der Waals surface area contributed by atoms with Gasteiger partial charge in [0, 0.05) is 12.5 Å². The minimum absolute atomic E-state index is 0.113. The molecular formula is C18H20FNO3S. The van der Waals surface area contributed by atoms with E-state index in [1.54, 1.807) is 42.5 Å². The summed E-state index contributed by atoms with van der Waals surface area (Å²) in [7, 11) is -3.64. The highest BCUT2D eigenvalue weighted by molar-refractivity contribution is 7.92. The van der Waals surface area contributed by atoms with E-state index in [1.807, 2.05) is 6.92 Å². The van der Waals surface area contributed by atoms with Crippen LogP contribution in [0, 0.1) is 5.82 Å². The van der Waals surface area contributed by atoms with Crippen molar-refractivity contribution in [3.05, 3.63) is 66.0 Å². The van der Waals surface area contributed by atoms with Crippen molar-refractivity contribution in [2.24, 2.45) is 5.73 Å². The molecule has 0 heterocycles. The average Bonchev–Trinajstić information content (AvgIpc) is 3.21. The summed E-state index contributed by atoms with van der Waals surface area (Å²) >= 11 is 0. The first-order chi connectivity index (χ1) is 11.4. The highest BCUT2D eigenvalue weighted by atomic mass is 32.2. The van der Waals surface area contributed by atoms with Gasteiger partial charge in [0.15, 0.2) is 9.84 Å². The maximum Gasteiger partial charge on any atom is 0.183 e. The Labute approximate surface area is 141 Å². The number of hydrogen-bond donors (Lipinski definition) is 1. The molecule has 2 N–H and O–H groups in total. The number of benzene rings is 2. The van der Waals surface area contributed by atoms with Crippen molar-refractivity contribution in [2.45, 2.75) is 28.5 Å². The number of halogens is 1. The Kier molecular flexibility index (Phi) is 4.46. The lowest BCUT2D eigenvalue weighted by molar-refractivity contribution is 0.125. The minimum Gasteiger partial charge on any atom is -0.380 e. The first kappa shape index (κ1) is 17.1. The SMILES string of the molecule is CCOCC1(N)C(c2cccc(F)c2)C1S(=O)(=O)c1ccccc1.